The second-order valence-corrected chi connectivity index (χ2v) is 3.26. The van der Waals surface area contributed by atoms with Crippen LogP contribution in [0.15, 0.2) is 18.2 Å². The number of hydrogen-bond donors (Lipinski definition) is 0. The van der Waals surface area contributed by atoms with E-state index in [0.29, 0.717) is 10.8 Å². The summed E-state index contributed by atoms with van der Waals surface area (Å²) in [5.74, 6) is 0.253. The molecule has 0 spiro atoms. The van der Waals surface area contributed by atoms with Gasteiger partial charge in [-0.1, -0.05) is 11.6 Å². The summed E-state index contributed by atoms with van der Waals surface area (Å²) in [7, 11) is 0. The molecule has 1 aromatic rings. The number of benzene rings is 1. The number of ether oxygens (including phenoxy) is 1. The number of halogens is 1. The standard InChI is InChI=1S/C9H7ClO2/c1-5-7-4-6(10)2-3-8(7)12-9(5)11/h2-5H,1H3. The SMILES string of the molecule is CC1C(=O)Oc2ccc(Cl)cc21. The molecule has 1 aromatic carbocycles. The van der Waals surface area contributed by atoms with Crippen LogP contribution in [-0.4, -0.2) is 5.97 Å². The Bertz CT molecular complexity index is 346. The Hall–Kier alpha value is -1.02. The number of fused-ring (bicyclic) bond motifs is 1. The van der Waals surface area contributed by atoms with E-state index in [1.54, 1.807) is 18.2 Å². The fourth-order valence-corrected chi connectivity index (χ4v) is 1.45. The summed E-state index contributed by atoms with van der Waals surface area (Å²) in [6, 6.07) is 5.21. The third kappa shape index (κ3) is 0.994. The molecule has 0 saturated carbocycles. The highest BCUT2D eigenvalue weighted by Gasteiger charge is 2.28. The molecule has 0 aliphatic carbocycles. The summed E-state index contributed by atoms with van der Waals surface area (Å²) < 4.78 is 4.98. The molecule has 2 nitrogen and oxygen atoms in total. The third-order valence-corrected chi connectivity index (χ3v) is 2.24. The van der Waals surface area contributed by atoms with Crippen LogP contribution in [0.5, 0.6) is 5.75 Å². The van der Waals surface area contributed by atoms with Crippen LogP contribution in [0.2, 0.25) is 5.02 Å². The van der Waals surface area contributed by atoms with Gasteiger partial charge in [-0.15, -0.1) is 0 Å². The highest BCUT2D eigenvalue weighted by Crippen LogP contribution is 2.35. The fourth-order valence-electron chi connectivity index (χ4n) is 1.27. The fraction of sp³-hybridized carbons (Fsp3) is 0.222. The van der Waals surface area contributed by atoms with Crippen molar-refractivity contribution in [2.24, 2.45) is 0 Å². The van der Waals surface area contributed by atoms with Crippen molar-refractivity contribution in [1.82, 2.24) is 0 Å². The maximum Gasteiger partial charge on any atom is 0.318 e. The monoisotopic (exact) mass is 182 g/mol. The first kappa shape index (κ1) is 7.62. The molecule has 0 N–H and O–H groups in total. The third-order valence-electron chi connectivity index (χ3n) is 2.00. The van der Waals surface area contributed by atoms with Crippen LogP contribution < -0.4 is 4.74 Å². The average Bonchev–Trinajstić information content (AvgIpc) is 2.31. The van der Waals surface area contributed by atoms with Gasteiger partial charge in [-0.3, -0.25) is 4.79 Å². The Balaban J connectivity index is 2.55. The Kier molecular flexibility index (Phi) is 1.58. The minimum atomic E-state index is -0.202. The lowest BCUT2D eigenvalue weighted by Crippen LogP contribution is -2.05. The summed E-state index contributed by atoms with van der Waals surface area (Å²) in [5.41, 5.74) is 0.882. The molecule has 0 radical (unpaired) electrons. The first-order valence-electron chi connectivity index (χ1n) is 3.69. The van der Waals surface area contributed by atoms with Gasteiger partial charge in [0.2, 0.25) is 0 Å². The minimum absolute atomic E-state index is 0.182. The molecule has 2 rings (SSSR count). The number of carbonyl (C=O) groups excluding carboxylic acids is 1. The van der Waals surface area contributed by atoms with Crippen LogP contribution in [0.3, 0.4) is 0 Å². The lowest BCUT2D eigenvalue weighted by atomic mass is 10.0. The predicted molar refractivity (Wildman–Crippen MR) is 45.5 cm³/mol. The molecule has 1 aliphatic heterocycles. The molecule has 0 amide bonds. The zero-order valence-electron chi connectivity index (χ0n) is 6.50. The van der Waals surface area contributed by atoms with Crippen LogP contribution in [0, 0.1) is 0 Å². The Morgan fingerprint density at radius 3 is 3.00 bits per heavy atom. The van der Waals surface area contributed by atoms with Gasteiger partial charge in [-0.25, -0.2) is 0 Å². The quantitative estimate of drug-likeness (QED) is 0.455. The van der Waals surface area contributed by atoms with Crippen molar-refractivity contribution in [1.29, 1.82) is 0 Å². The molecule has 1 aliphatic rings. The van der Waals surface area contributed by atoms with Gasteiger partial charge in [0, 0.05) is 10.6 Å². The van der Waals surface area contributed by atoms with E-state index in [2.05, 4.69) is 0 Å². The summed E-state index contributed by atoms with van der Waals surface area (Å²) in [5, 5.41) is 0.638. The lowest BCUT2D eigenvalue weighted by Gasteiger charge is -1.97. The van der Waals surface area contributed by atoms with Crippen LogP contribution >= 0.6 is 11.6 Å². The first-order valence-corrected chi connectivity index (χ1v) is 4.07. The minimum Gasteiger partial charge on any atom is -0.426 e. The molecule has 3 heteroatoms. The van der Waals surface area contributed by atoms with Gasteiger partial charge in [-0.05, 0) is 25.1 Å². The van der Waals surface area contributed by atoms with Crippen molar-refractivity contribution in [3.63, 3.8) is 0 Å². The number of rotatable bonds is 0. The Morgan fingerprint density at radius 2 is 2.25 bits per heavy atom. The van der Waals surface area contributed by atoms with Crippen molar-refractivity contribution in [2.45, 2.75) is 12.8 Å². The number of hydrogen-bond acceptors (Lipinski definition) is 2. The normalized spacial score (nSPS) is 20.5. The van der Waals surface area contributed by atoms with Crippen molar-refractivity contribution in [2.75, 3.05) is 0 Å². The molecule has 0 aromatic heterocycles. The van der Waals surface area contributed by atoms with Crippen LogP contribution in [-0.2, 0) is 4.79 Å². The van der Waals surface area contributed by atoms with Crippen molar-refractivity contribution in [3.05, 3.63) is 28.8 Å². The molecule has 62 valence electrons. The lowest BCUT2D eigenvalue weighted by molar-refractivity contribution is -0.133. The van der Waals surface area contributed by atoms with Gasteiger partial charge >= 0.3 is 5.97 Å². The topological polar surface area (TPSA) is 26.3 Å². The predicted octanol–water partition coefficient (Wildman–Crippen LogP) is 2.36. The molecule has 1 atom stereocenters. The van der Waals surface area contributed by atoms with Crippen molar-refractivity contribution < 1.29 is 9.53 Å². The van der Waals surface area contributed by atoms with E-state index in [1.165, 1.54) is 0 Å². The Labute approximate surface area is 75.1 Å². The van der Waals surface area contributed by atoms with Crippen LogP contribution in [0.1, 0.15) is 18.4 Å². The van der Waals surface area contributed by atoms with Gasteiger partial charge < -0.3 is 4.74 Å². The van der Waals surface area contributed by atoms with E-state index in [0.717, 1.165) is 5.56 Å². The second-order valence-electron chi connectivity index (χ2n) is 2.82. The van der Waals surface area contributed by atoms with E-state index in [4.69, 9.17) is 16.3 Å². The van der Waals surface area contributed by atoms with Crippen molar-refractivity contribution >= 4 is 17.6 Å². The maximum absolute atomic E-state index is 11.1. The smallest absolute Gasteiger partial charge is 0.318 e. The number of carbonyl (C=O) groups is 1. The second kappa shape index (κ2) is 2.49. The van der Waals surface area contributed by atoms with Crippen LogP contribution in [0.25, 0.3) is 0 Å². The average molecular weight is 183 g/mol. The van der Waals surface area contributed by atoms with Crippen LogP contribution in [0.4, 0.5) is 0 Å². The van der Waals surface area contributed by atoms with Gasteiger partial charge in [-0.2, -0.15) is 0 Å². The van der Waals surface area contributed by atoms with E-state index >= 15 is 0 Å². The molecule has 1 unspecified atom stereocenters. The molecule has 1 heterocycles. The number of esters is 1. The zero-order chi connectivity index (χ0) is 8.72. The summed E-state index contributed by atoms with van der Waals surface area (Å²) >= 11 is 5.77. The molecule has 0 saturated heterocycles. The zero-order valence-corrected chi connectivity index (χ0v) is 7.26. The molecule has 0 bridgehead atoms. The molecule has 0 fully saturated rings. The van der Waals surface area contributed by atoms with E-state index in [9.17, 15) is 4.79 Å². The van der Waals surface area contributed by atoms with Gasteiger partial charge in [0.25, 0.3) is 0 Å². The summed E-state index contributed by atoms with van der Waals surface area (Å²) in [6.45, 7) is 1.81. The maximum atomic E-state index is 11.1. The van der Waals surface area contributed by atoms with E-state index in [-0.39, 0.29) is 11.9 Å². The summed E-state index contributed by atoms with van der Waals surface area (Å²) in [6.07, 6.45) is 0. The Morgan fingerprint density at radius 1 is 1.50 bits per heavy atom. The van der Waals surface area contributed by atoms with Gasteiger partial charge in [0.1, 0.15) is 5.75 Å². The molecular weight excluding hydrogens is 176 g/mol. The molecular formula is C9H7ClO2. The highest BCUT2D eigenvalue weighted by atomic mass is 35.5. The van der Waals surface area contributed by atoms with Crippen molar-refractivity contribution in [3.8, 4) is 5.75 Å². The highest BCUT2D eigenvalue weighted by molar-refractivity contribution is 6.30. The van der Waals surface area contributed by atoms with Gasteiger partial charge in [0.05, 0.1) is 5.92 Å². The largest absolute Gasteiger partial charge is 0.426 e. The molecule has 12 heavy (non-hydrogen) atoms. The van der Waals surface area contributed by atoms with E-state index in [1.807, 2.05) is 6.92 Å². The van der Waals surface area contributed by atoms with Gasteiger partial charge in [0.15, 0.2) is 0 Å². The first-order chi connectivity index (χ1) is 5.68. The summed E-state index contributed by atoms with van der Waals surface area (Å²) in [4.78, 5) is 11.1. The van der Waals surface area contributed by atoms with E-state index < -0.39 is 0 Å².